The Hall–Kier alpha value is -1.18. The van der Waals surface area contributed by atoms with E-state index in [4.69, 9.17) is 9.47 Å². The van der Waals surface area contributed by atoms with Crippen LogP contribution in [0.3, 0.4) is 0 Å². The molecule has 6 nitrogen and oxygen atoms in total. The van der Waals surface area contributed by atoms with Crippen LogP contribution in [0.25, 0.3) is 0 Å². The second-order valence-corrected chi connectivity index (χ2v) is 9.49. The fraction of sp³-hybridized carbons (Fsp3) is 0.706. The summed E-state index contributed by atoms with van der Waals surface area (Å²) in [5.74, 6) is 0.757. The Kier molecular flexibility index (Phi) is 4.26. The van der Waals surface area contributed by atoms with Gasteiger partial charge in [0.2, 0.25) is 10.0 Å². The molecule has 1 atom stereocenters. The molecule has 1 saturated carbocycles. The fourth-order valence-electron chi connectivity index (χ4n) is 3.76. The van der Waals surface area contributed by atoms with Gasteiger partial charge in [-0.3, -0.25) is 4.98 Å². The zero-order valence-corrected chi connectivity index (χ0v) is 14.6. The first-order valence-corrected chi connectivity index (χ1v) is 10.2. The third kappa shape index (κ3) is 3.30. The first kappa shape index (κ1) is 16.3. The van der Waals surface area contributed by atoms with Crippen LogP contribution in [0.2, 0.25) is 0 Å². The number of piperidine rings is 1. The maximum Gasteiger partial charge on any atom is 0.216 e. The highest BCUT2D eigenvalue weighted by atomic mass is 32.2. The van der Waals surface area contributed by atoms with Crippen molar-refractivity contribution in [3.8, 4) is 5.75 Å². The quantitative estimate of drug-likeness (QED) is 0.809. The maximum absolute atomic E-state index is 12.3. The summed E-state index contributed by atoms with van der Waals surface area (Å²) in [5.41, 5.74) is 0.124. The summed E-state index contributed by atoms with van der Waals surface area (Å²) in [4.78, 5) is 4.04. The van der Waals surface area contributed by atoms with Crippen LogP contribution in [-0.4, -0.2) is 55.4 Å². The zero-order chi connectivity index (χ0) is 16.6. The van der Waals surface area contributed by atoms with Gasteiger partial charge in [0.25, 0.3) is 0 Å². The first-order valence-electron chi connectivity index (χ1n) is 8.71. The molecule has 0 amide bonds. The van der Waals surface area contributed by atoms with Gasteiger partial charge in [-0.1, -0.05) is 0 Å². The molecular weight excluding hydrogens is 328 g/mol. The van der Waals surface area contributed by atoms with E-state index < -0.39 is 10.0 Å². The van der Waals surface area contributed by atoms with Crippen LogP contribution in [0.5, 0.6) is 5.75 Å². The highest BCUT2D eigenvalue weighted by Gasteiger charge is 2.47. The minimum atomic E-state index is -3.03. The highest BCUT2D eigenvalue weighted by Crippen LogP contribution is 2.43. The van der Waals surface area contributed by atoms with E-state index in [9.17, 15) is 8.42 Å². The summed E-state index contributed by atoms with van der Waals surface area (Å²) in [6.07, 6.45) is 7.90. The minimum Gasteiger partial charge on any atom is -0.489 e. The number of pyridine rings is 1. The van der Waals surface area contributed by atoms with Gasteiger partial charge in [0.15, 0.2) is 0 Å². The first-order chi connectivity index (χ1) is 11.6. The molecule has 3 aliphatic rings. The van der Waals surface area contributed by atoms with Crippen molar-refractivity contribution in [2.45, 2.75) is 43.5 Å². The number of aromatic nitrogens is 1. The van der Waals surface area contributed by atoms with E-state index in [1.807, 2.05) is 12.1 Å². The van der Waals surface area contributed by atoms with Crippen molar-refractivity contribution >= 4 is 10.0 Å². The van der Waals surface area contributed by atoms with Crippen molar-refractivity contribution in [3.63, 3.8) is 0 Å². The number of rotatable bonds is 5. The SMILES string of the molecule is O=S(=O)(C1CC1)N1CCC2(CC1)COC(COc1cccnc1)C2. The molecule has 3 heterocycles. The molecular formula is C17H24N2O4S. The van der Waals surface area contributed by atoms with Crippen molar-refractivity contribution in [3.05, 3.63) is 24.5 Å². The molecule has 4 rings (SSSR count). The number of ether oxygens (including phenoxy) is 2. The Morgan fingerprint density at radius 2 is 2.12 bits per heavy atom. The Morgan fingerprint density at radius 3 is 2.79 bits per heavy atom. The van der Waals surface area contributed by atoms with Crippen LogP contribution >= 0.6 is 0 Å². The molecule has 0 bridgehead atoms. The molecule has 132 valence electrons. The normalized spacial score (nSPS) is 27.4. The van der Waals surface area contributed by atoms with Gasteiger partial charge in [-0.25, -0.2) is 12.7 Å². The smallest absolute Gasteiger partial charge is 0.216 e. The lowest BCUT2D eigenvalue weighted by molar-refractivity contribution is 0.0539. The molecule has 2 aliphatic heterocycles. The van der Waals surface area contributed by atoms with Gasteiger partial charge in [-0.05, 0) is 49.7 Å². The van der Waals surface area contributed by atoms with Crippen LogP contribution in [-0.2, 0) is 14.8 Å². The minimum absolute atomic E-state index is 0.0804. The average molecular weight is 352 g/mol. The van der Waals surface area contributed by atoms with E-state index in [0.29, 0.717) is 26.3 Å². The van der Waals surface area contributed by atoms with Gasteiger partial charge in [-0.2, -0.15) is 0 Å². The third-order valence-corrected chi connectivity index (χ3v) is 7.84. The van der Waals surface area contributed by atoms with Crippen molar-refractivity contribution in [2.75, 3.05) is 26.3 Å². The van der Waals surface area contributed by atoms with E-state index in [1.165, 1.54) is 0 Å². The Labute approximate surface area is 143 Å². The molecule has 2 saturated heterocycles. The number of hydrogen-bond acceptors (Lipinski definition) is 5. The topological polar surface area (TPSA) is 68.7 Å². The van der Waals surface area contributed by atoms with E-state index in [0.717, 1.165) is 37.9 Å². The summed E-state index contributed by atoms with van der Waals surface area (Å²) in [7, 11) is -3.03. The van der Waals surface area contributed by atoms with Gasteiger partial charge in [0.1, 0.15) is 12.4 Å². The van der Waals surface area contributed by atoms with Crippen molar-refractivity contribution in [1.82, 2.24) is 9.29 Å². The average Bonchev–Trinajstić information content (AvgIpc) is 3.39. The summed E-state index contributed by atoms with van der Waals surface area (Å²) < 4.78 is 38.1. The van der Waals surface area contributed by atoms with Crippen LogP contribution in [0.1, 0.15) is 32.1 Å². The number of nitrogens with zero attached hydrogens (tertiary/aromatic N) is 2. The maximum atomic E-state index is 12.3. The van der Waals surface area contributed by atoms with Crippen LogP contribution < -0.4 is 4.74 Å². The summed E-state index contributed by atoms with van der Waals surface area (Å²) in [6, 6.07) is 3.74. The largest absolute Gasteiger partial charge is 0.489 e. The predicted molar refractivity (Wildman–Crippen MR) is 89.3 cm³/mol. The monoisotopic (exact) mass is 352 g/mol. The molecule has 7 heteroatoms. The molecule has 3 fully saturated rings. The Balaban J connectivity index is 1.29. The molecule has 0 radical (unpaired) electrons. The molecule has 0 N–H and O–H groups in total. The highest BCUT2D eigenvalue weighted by molar-refractivity contribution is 7.90. The Morgan fingerprint density at radius 1 is 1.33 bits per heavy atom. The predicted octanol–water partition coefficient (Wildman–Crippen LogP) is 1.82. The zero-order valence-electron chi connectivity index (χ0n) is 13.8. The van der Waals surface area contributed by atoms with Gasteiger partial charge < -0.3 is 9.47 Å². The van der Waals surface area contributed by atoms with Crippen molar-refractivity contribution in [1.29, 1.82) is 0 Å². The summed E-state index contributed by atoms with van der Waals surface area (Å²) in [5, 5.41) is -0.105. The van der Waals surface area contributed by atoms with Crippen molar-refractivity contribution in [2.24, 2.45) is 5.41 Å². The molecule has 24 heavy (non-hydrogen) atoms. The molecule has 1 aliphatic carbocycles. The van der Waals surface area contributed by atoms with E-state index in [-0.39, 0.29) is 16.8 Å². The number of hydrogen-bond donors (Lipinski definition) is 0. The number of sulfonamides is 1. The van der Waals surface area contributed by atoms with E-state index >= 15 is 0 Å². The summed E-state index contributed by atoms with van der Waals surface area (Å²) in [6.45, 7) is 2.51. The van der Waals surface area contributed by atoms with Crippen LogP contribution in [0.15, 0.2) is 24.5 Å². The molecule has 1 spiro atoms. The van der Waals surface area contributed by atoms with E-state index in [2.05, 4.69) is 4.98 Å². The lowest BCUT2D eigenvalue weighted by Crippen LogP contribution is -2.44. The van der Waals surface area contributed by atoms with E-state index in [1.54, 1.807) is 16.7 Å². The molecule has 1 unspecified atom stereocenters. The second kappa shape index (κ2) is 6.28. The lowest BCUT2D eigenvalue weighted by Gasteiger charge is -2.37. The Bertz CT molecular complexity index is 667. The van der Waals surface area contributed by atoms with Crippen molar-refractivity contribution < 1.29 is 17.9 Å². The second-order valence-electron chi connectivity index (χ2n) is 7.28. The molecule has 1 aromatic heterocycles. The van der Waals surface area contributed by atoms with Gasteiger partial charge >= 0.3 is 0 Å². The van der Waals surface area contributed by atoms with Gasteiger partial charge in [0, 0.05) is 19.3 Å². The van der Waals surface area contributed by atoms with Crippen LogP contribution in [0.4, 0.5) is 0 Å². The third-order valence-electron chi connectivity index (χ3n) is 5.44. The van der Waals surface area contributed by atoms with Crippen LogP contribution in [0, 0.1) is 5.41 Å². The molecule has 0 aromatic carbocycles. The lowest BCUT2D eigenvalue weighted by atomic mass is 9.77. The fourth-order valence-corrected chi connectivity index (χ4v) is 5.61. The van der Waals surface area contributed by atoms with Gasteiger partial charge in [0.05, 0.1) is 24.2 Å². The standard InChI is InChI=1S/C17H24N2O4S/c20-24(21,16-3-4-16)19-8-5-17(6-9-19)10-15(23-13-17)12-22-14-2-1-7-18-11-14/h1-2,7,11,15-16H,3-6,8-10,12-13H2. The van der Waals surface area contributed by atoms with Gasteiger partial charge in [-0.15, -0.1) is 0 Å². The summed E-state index contributed by atoms with van der Waals surface area (Å²) >= 11 is 0. The molecule has 1 aromatic rings.